The minimum absolute atomic E-state index is 0.0322. The van der Waals surface area contributed by atoms with E-state index in [9.17, 15) is 14.4 Å². The van der Waals surface area contributed by atoms with Crippen molar-refractivity contribution in [3.8, 4) is 0 Å². The maximum absolute atomic E-state index is 12.8. The van der Waals surface area contributed by atoms with Crippen LogP contribution in [0.2, 0.25) is 5.02 Å². The van der Waals surface area contributed by atoms with E-state index < -0.39 is 11.9 Å². The molecule has 3 heterocycles. The van der Waals surface area contributed by atoms with Crippen LogP contribution in [0.4, 0.5) is 10.7 Å². The minimum atomic E-state index is -0.918. The fraction of sp³-hybridized carbons (Fsp3) is 0.407. The van der Waals surface area contributed by atoms with Gasteiger partial charge in [0.2, 0.25) is 5.91 Å². The molecule has 37 heavy (non-hydrogen) atoms. The Balaban J connectivity index is 1.20. The number of benzene rings is 2. The maximum atomic E-state index is 12.8. The van der Waals surface area contributed by atoms with Crippen LogP contribution in [0, 0.1) is 0 Å². The number of hydrogen-bond donors (Lipinski definition) is 1. The smallest absolute Gasteiger partial charge is 0.306 e. The monoisotopic (exact) mass is 540 g/mol. The molecule has 0 radical (unpaired) electrons. The Bertz CT molecular complexity index is 1340. The van der Waals surface area contributed by atoms with Gasteiger partial charge >= 0.3 is 5.97 Å². The van der Waals surface area contributed by atoms with Crippen molar-refractivity contribution in [2.45, 2.75) is 32.1 Å². The summed E-state index contributed by atoms with van der Waals surface area (Å²) in [6.07, 6.45) is 0.650. The van der Waals surface area contributed by atoms with Gasteiger partial charge in [0.05, 0.1) is 18.5 Å². The summed E-state index contributed by atoms with van der Waals surface area (Å²) in [4.78, 5) is 41.9. The number of hydrogen-bond acceptors (Lipinski definition) is 8. The van der Waals surface area contributed by atoms with Crippen LogP contribution in [0.15, 0.2) is 36.4 Å². The summed E-state index contributed by atoms with van der Waals surface area (Å²) >= 11 is 8.11. The standard InChI is InChI=1S/C27H29ClN4O4S/c1-2-36-24(34)8-7-23(33)25-19-15-17(20(28)16-22(19)29-26(25)35)9-10-31-11-13-32(14-12-31)27-18-5-3-4-6-21(18)30-37-27/h3-6,15-16,25H,2,7-14H2,1H3,(H,29,35). The summed E-state index contributed by atoms with van der Waals surface area (Å²) in [6.45, 7) is 6.54. The van der Waals surface area contributed by atoms with E-state index in [1.165, 1.54) is 10.4 Å². The number of nitrogens with zero attached hydrogens (tertiary/aromatic N) is 3. The summed E-state index contributed by atoms with van der Waals surface area (Å²) < 4.78 is 9.48. The molecule has 1 N–H and O–H groups in total. The van der Waals surface area contributed by atoms with E-state index in [0.717, 1.165) is 43.8 Å². The molecule has 1 aromatic heterocycles. The van der Waals surface area contributed by atoms with E-state index in [1.807, 2.05) is 18.2 Å². The molecule has 2 aromatic carbocycles. The van der Waals surface area contributed by atoms with Crippen molar-refractivity contribution < 1.29 is 19.1 Å². The maximum Gasteiger partial charge on any atom is 0.306 e. The van der Waals surface area contributed by atoms with Crippen molar-refractivity contribution in [3.05, 3.63) is 52.5 Å². The second-order valence-electron chi connectivity index (χ2n) is 9.31. The van der Waals surface area contributed by atoms with E-state index in [-0.39, 0.29) is 31.1 Å². The second kappa shape index (κ2) is 11.2. The van der Waals surface area contributed by atoms with Crippen molar-refractivity contribution in [1.82, 2.24) is 9.27 Å². The molecule has 1 amide bonds. The number of carbonyl (C=O) groups is 3. The van der Waals surface area contributed by atoms with Crippen LogP contribution in [0.3, 0.4) is 0 Å². The van der Waals surface area contributed by atoms with Gasteiger partial charge in [-0.1, -0.05) is 29.8 Å². The molecule has 1 unspecified atom stereocenters. The number of fused-ring (bicyclic) bond motifs is 2. The highest BCUT2D eigenvalue weighted by Gasteiger charge is 2.37. The Labute approximate surface area is 224 Å². The molecule has 0 saturated carbocycles. The number of piperazine rings is 1. The number of esters is 1. The molecular weight excluding hydrogens is 512 g/mol. The van der Waals surface area contributed by atoms with Crippen molar-refractivity contribution in [2.75, 3.05) is 49.5 Å². The summed E-state index contributed by atoms with van der Waals surface area (Å²) in [5.41, 5.74) is 3.16. The first kappa shape index (κ1) is 25.6. The second-order valence-corrected chi connectivity index (χ2v) is 10.5. The number of halogens is 1. The minimum Gasteiger partial charge on any atom is -0.466 e. The number of aromatic nitrogens is 1. The molecule has 2 aliphatic heterocycles. The zero-order chi connectivity index (χ0) is 25.9. The average molecular weight is 541 g/mol. The molecule has 0 bridgehead atoms. The van der Waals surface area contributed by atoms with Crippen LogP contribution in [0.1, 0.15) is 36.8 Å². The highest BCUT2D eigenvalue weighted by atomic mass is 35.5. The SMILES string of the molecule is CCOC(=O)CCC(=O)C1C(=O)Nc2cc(Cl)c(CCN3CCN(c4snc5ccccc45)CC3)cc21. The van der Waals surface area contributed by atoms with E-state index in [4.69, 9.17) is 16.3 Å². The Morgan fingerprint density at radius 3 is 2.73 bits per heavy atom. The van der Waals surface area contributed by atoms with Gasteiger partial charge in [0.25, 0.3) is 0 Å². The Morgan fingerprint density at radius 1 is 1.16 bits per heavy atom. The lowest BCUT2D eigenvalue weighted by atomic mass is 9.92. The molecular formula is C27H29ClN4O4S. The molecule has 5 rings (SSSR count). The van der Waals surface area contributed by atoms with E-state index in [0.29, 0.717) is 22.7 Å². The van der Waals surface area contributed by atoms with Crippen LogP contribution >= 0.6 is 23.1 Å². The number of carbonyl (C=O) groups excluding carboxylic acids is 3. The zero-order valence-corrected chi connectivity index (χ0v) is 22.2. The number of nitrogens with one attached hydrogen (secondary N) is 1. The number of Topliss-reactive ketones (excluding diaryl/α,β-unsaturated/α-hetero) is 1. The number of ether oxygens (including phenoxy) is 1. The first-order valence-corrected chi connectivity index (χ1v) is 13.7. The van der Waals surface area contributed by atoms with Crippen LogP contribution in [0.25, 0.3) is 10.9 Å². The summed E-state index contributed by atoms with van der Waals surface area (Å²) in [7, 11) is 0. The van der Waals surface area contributed by atoms with Crippen LogP contribution in [0.5, 0.6) is 0 Å². The lowest BCUT2D eigenvalue weighted by Gasteiger charge is -2.35. The van der Waals surface area contributed by atoms with Gasteiger partial charge in [0, 0.05) is 55.2 Å². The van der Waals surface area contributed by atoms with Crippen LogP contribution in [-0.4, -0.2) is 66.3 Å². The normalized spacial score (nSPS) is 17.6. The number of amides is 1. The number of ketones is 1. The first-order chi connectivity index (χ1) is 17.9. The molecule has 0 spiro atoms. The first-order valence-electron chi connectivity index (χ1n) is 12.6. The van der Waals surface area contributed by atoms with Gasteiger partial charge in [-0.05, 0) is 54.2 Å². The van der Waals surface area contributed by atoms with E-state index in [2.05, 4.69) is 31.6 Å². The molecule has 1 fully saturated rings. The summed E-state index contributed by atoms with van der Waals surface area (Å²) in [5.74, 6) is -2.01. The lowest BCUT2D eigenvalue weighted by Crippen LogP contribution is -2.46. The fourth-order valence-electron chi connectivity index (χ4n) is 5.00. The van der Waals surface area contributed by atoms with Gasteiger partial charge in [0.1, 0.15) is 16.7 Å². The molecule has 194 valence electrons. The summed E-state index contributed by atoms with van der Waals surface area (Å²) in [5, 5.41) is 5.78. The number of rotatable bonds is 9. The third kappa shape index (κ3) is 5.49. The van der Waals surface area contributed by atoms with Crippen molar-refractivity contribution in [2.24, 2.45) is 0 Å². The fourth-order valence-corrected chi connectivity index (χ4v) is 6.17. The summed E-state index contributed by atoms with van der Waals surface area (Å²) in [6, 6.07) is 11.9. The zero-order valence-electron chi connectivity index (χ0n) is 20.7. The van der Waals surface area contributed by atoms with Gasteiger partial charge in [-0.2, -0.15) is 4.37 Å². The molecule has 2 aliphatic rings. The van der Waals surface area contributed by atoms with E-state index >= 15 is 0 Å². The van der Waals surface area contributed by atoms with Crippen LogP contribution < -0.4 is 10.2 Å². The Kier molecular flexibility index (Phi) is 7.73. The quantitative estimate of drug-likeness (QED) is 0.320. The van der Waals surface area contributed by atoms with Crippen LogP contribution in [-0.2, 0) is 25.5 Å². The van der Waals surface area contributed by atoms with Gasteiger partial charge in [-0.3, -0.25) is 19.3 Å². The highest BCUT2D eigenvalue weighted by molar-refractivity contribution is 7.11. The third-order valence-corrected chi connectivity index (χ3v) is 8.27. The van der Waals surface area contributed by atoms with Gasteiger partial charge in [0.15, 0.2) is 0 Å². The van der Waals surface area contributed by atoms with Gasteiger partial charge < -0.3 is 15.0 Å². The van der Waals surface area contributed by atoms with Crippen molar-refractivity contribution in [3.63, 3.8) is 0 Å². The van der Waals surface area contributed by atoms with Crippen molar-refractivity contribution in [1.29, 1.82) is 0 Å². The Morgan fingerprint density at radius 2 is 1.95 bits per heavy atom. The molecule has 8 nitrogen and oxygen atoms in total. The largest absolute Gasteiger partial charge is 0.466 e. The lowest BCUT2D eigenvalue weighted by molar-refractivity contribution is -0.144. The van der Waals surface area contributed by atoms with E-state index in [1.54, 1.807) is 24.5 Å². The average Bonchev–Trinajstić information content (AvgIpc) is 3.46. The number of anilines is 2. The van der Waals surface area contributed by atoms with Gasteiger partial charge in [-0.15, -0.1) is 0 Å². The molecule has 10 heteroatoms. The molecule has 1 atom stereocenters. The topological polar surface area (TPSA) is 91.8 Å². The molecule has 1 saturated heterocycles. The predicted octanol–water partition coefficient (Wildman–Crippen LogP) is 4.26. The highest BCUT2D eigenvalue weighted by Crippen LogP contribution is 2.38. The predicted molar refractivity (Wildman–Crippen MR) is 146 cm³/mol. The Hall–Kier alpha value is -3.01. The molecule has 3 aromatic rings. The van der Waals surface area contributed by atoms with Gasteiger partial charge in [-0.25, -0.2) is 0 Å². The molecule has 0 aliphatic carbocycles. The van der Waals surface area contributed by atoms with Crippen molar-refractivity contribution >= 4 is 62.4 Å². The third-order valence-electron chi connectivity index (χ3n) is 6.97.